The molecule has 0 radical (unpaired) electrons. The van der Waals surface area contributed by atoms with E-state index < -0.39 is 22.5 Å². The van der Waals surface area contributed by atoms with Crippen molar-refractivity contribution in [3.8, 4) is 0 Å². The number of halogens is 4. The minimum Gasteiger partial charge on any atom is -0.379 e. The summed E-state index contributed by atoms with van der Waals surface area (Å²) in [6.45, 7) is 1.65. The molecule has 1 aliphatic carbocycles. The maximum atomic E-state index is 13.0. The number of hydrogen-bond acceptors (Lipinski definition) is 5. The van der Waals surface area contributed by atoms with Crippen molar-refractivity contribution in [1.82, 2.24) is 24.3 Å². The van der Waals surface area contributed by atoms with E-state index in [1.807, 2.05) is 0 Å². The Hall–Kier alpha value is -2.46. The van der Waals surface area contributed by atoms with E-state index in [2.05, 4.69) is 15.1 Å². The van der Waals surface area contributed by atoms with Crippen LogP contribution in [0, 0.1) is 0 Å². The summed E-state index contributed by atoms with van der Waals surface area (Å²) in [6, 6.07) is 1.14. The normalized spacial score (nSPS) is 16.9. The summed E-state index contributed by atoms with van der Waals surface area (Å²) in [7, 11) is 1.54. The third-order valence-corrected chi connectivity index (χ3v) is 5.49. The molecule has 0 aromatic carbocycles. The van der Waals surface area contributed by atoms with Crippen molar-refractivity contribution in [2.75, 3.05) is 0 Å². The Labute approximate surface area is 167 Å². The maximum Gasteiger partial charge on any atom is 0.434 e. The molecule has 154 valence electrons. The van der Waals surface area contributed by atoms with E-state index in [-0.39, 0.29) is 40.3 Å². The molecule has 3 heterocycles. The number of aryl methyl sites for hydroxylation is 1. The Bertz CT molecular complexity index is 1170. The standard InChI is InChI=1S/C18H17ClF3N5O2/c1-3-17(29,9-6-11(19)14(23-7-9)18(20,21)22)15-12-13(25-26(15)2)16(28)27(8-24-12)10-4-5-10/h6-8,10,29H,3-5H2,1-2H3. The van der Waals surface area contributed by atoms with Crippen molar-refractivity contribution < 1.29 is 18.3 Å². The lowest BCUT2D eigenvalue weighted by Crippen LogP contribution is -2.30. The Kier molecular flexibility index (Phi) is 4.47. The molecule has 1 unspecified atom stereocenters. The third kappa shape index (κ3) is 3.10. The van der Waals surface area contributed by atoms with Crippen molar-refractivity contribution >= 4 is 22.6 Å². The smallest absolute Gasteiger partial charge is 0.379 e. The van der Waals surface area contributed by atoms with E-state index >= 15 is 0 Å². The minimum absolute atomic E-state index is 0.0519. The van der Waals surface area contributed by atoms with E-state index in [0.717, 1.165) is 25.1 Å². The molecule has 4 rings (SSSR count). The number of pyridine rings is 1. The molecule has 1 N–H and O–H groups in total. The molecule has 7 nitrogen and oxygen atoms in total. The highest BCUT2D eigenvalue weighted by Gasteiger charge is 2.40. The van der Waals surface area contributed by atoms with Gasteiger partial charge in [-0.05, 0) is 25.3 Å². The van der Waals surface area contributed by atoms with Gasteiger partial charge in [0.15, 0.2) is 11.2 Å². The molecule has 0 bridgehead atoms. The van der Waals surface area contributed by atoms with Crippen LogP contribution >= 0.6 is 11.6 Å². The molecule has 29 heavy (non-hydrogen) atoms. The lowest BCUT2D eigenvalue weighted by Gasteiger charge is -2.28. The molecule has 3 aromatic rings. The van der Waals surface area contributed by atoms with Crippen LogP contribution in [0.4, 0.5) is 13.2 Å². The SMILES string of the molecule is CCC(O)(c1cnc(C(F)(F)F)c(Cl)c1)c1c2ncn(C3CC3)c(=O)c2nn1C. The van der Waals surface area contributed by atoms with Crippen LogP contribution in [-0.2, 0) is 18.8 Å². The quantitative estimate of drug-likeness (QED) is 0.691. The van der Waals surface area contributed by atoms with E-state index in [9.17, 15) is 23.1 Å². The van der Waals surface area contributed by atoms with Gasteiger partial charge in [-0.1, -0.05) is 18.5 Å². The topological polar surface area (TPSA) is 85.8 Å². The van der Waals surface area contributed by atoms with Crippen molar-refractivity contribution in [1.29, 1.82) is 0 Å². The summed E-state index contributed by atoms with van der Waals surface area (Å²) in [6.07, 6.45) is -0.514. The lowest BCUT2D eigenvalue weighted by molar-refractivity contribution is -0.141. The number of aromatic nitrogens is 5. The van der Waals surface area contributed by atoms with E-state index in [0.29, 0.717) is 0 Å². The third-order valence-electron chi connectivity index (χ3n) is 5.20. The van der Waals surface area contributed by atoms with Crippen molar-refractivity contribution in [3.63, 3.8) is 0 Å². The van der Waals surface area contributed by atoms with E-state index in [1.165, 1.54) is 22.6 Å². The average Bonchev–Trinajstić information content (AvgIpc) is 3.42. The number of hydrogen-bond donors (Lipinski definition) is 1. The zero-order chi connectivity index (χ0) is 21.1. The van der Waals surface area contributed by atoms with Gasteiger partial charge in [-0.25, -0.2) is 9.97 Å². The number of nitrogens with zero attached hydrogens (tertiary/aromatic N) is 5. The fraction of sp³-hybridized carbons (Fsp3) is 0.444. The second-order valence-electron chi connectivity index (χ2n) is 7.12. The molecule has 0 aliphatic heterocycles. The van der Waals surface area contributed by atoms with Crippen LogP contribution in [0.2, 0.25) is 5.02 Å². The average molecular weight is 428 g/mol. The summed E-state index contributed by atoms with van der Waals surface area (Å²) in [5.74, 6) is 0. The van der Waals surface area contributed by atoms with Crippen molar-refractivity contribution in [2.24, 2.45) is 7.05 Å². The first-order chi connectivity index (χ1) is 13.6. The van der Waals surface area contributed by atoms with Gasteiger partial charge in [0, 0.05) is 24.8 Å². The van der Waals surface area contributed by atoms with Crippen molar-refractivity contribution in [2.45, 2.75) is 44.0 Å². The van der Waals surface area contributed by atoms with Crippen LogP contribution < -0.4 is 5.56 Å². The van der Waals surface area contributed by atoms with E-state index in [1.54, 1.807) is 6.92 Å². The Balaban J connectivity index is 1.90. The Morgan fingerprint density at radius 3 is 2.52 bits per heavy atom. The first-order valence-corrected chi connectivity index (χ1v) is 9.35. The number of rotatable bonds is 4. The maximum absolute atomic E-state index is 13.0. The molecule has 3 aromatic heterocycles. The van der Waals surface area contributed by atoms with Gasteiger partial charge < -0.3 is 5.11 Å². The van der Waals surface area contributed by atoms with Gasteiger partial charge in [-0.2, -0.15) is 18.3 Å². The monoisotopic (exact) mass is 427 g/mol. The molecular weight excluding hydrogens is 411 g/mol. The van der Waals surface area contributed by atoms with Crippen LogP contribution in [0.1, 0.15) is 49.2 Å². The molecular formula is C18H17ClF3N5O2. The van der Waals surface area contributed by atoms with E-state index in [4.69, 9.17) is 11.6 Å². The Morgan fingerprint density at radius 2 is 1.97 bits per heavy atom. The fourth-order valence-electron chi connectivity index (χ4n) is 3.53. The molecule has 1 fully saturated rings. The summed E-state index contributed by atoms with van der Waals surface area (Å²) < 4.78 is 41.8. The van der Waals surface area contributed by atoms with Crippen molar-refractivity contribution in [3.05, 3.63) is 50.9 Å². The summed E-state index contributed by atoms with van der Waals surface area (Å²) in [4.78, 5) is 20.5. The molecule has 1 atom stereocenters. The molecule has 0 spiro atoms. The molecule has 1 saturated carbocycles. The minimum atomic E-state index is -4.71. The molecule has 11 heteroatoms. The number of alkyl halides is 3. The van der Waals surface area contributed by atoms with Crippen LogP contribution in [0.5, 0.6) is 0 Å². The van der Waals surface area contributed by atoms with Gasteiger partial charge in [-0.15, -0.1) is 0 Å². The van der Waals surface area contributed by atoms with Gasteiger partial charge >= 0.3 is 6.18 Å². The molecule has 0 saturated heterocycles. The number of aliphatic hydroxyl groups is 1. The predicted molar refractivity (Wildman–Crippen MR) is 98.6 cm³/mol. The highest BCUT2D eigenvalue weighted by atomic mass is 35.5. The summed E-state index contributed by atoms with van der Waals surface area (Å²) in [5.41, 5.74) is -2.83. The van der Waals surface area contributed by atoms with Crippen LogP contribution in [0.25, 0.3) is 11.0 Å². The largest absolute Gasteiger partial charge is 0.434 e. The lowest BCUT2D eigenvalue weighted by atomic mass is 9.88. The molecule has 0 amide bonds. The van der Waals surface area contributed by atoms with Crippen LogP contribution in [0.3, 0.4) is 0 Å². The Morgan fingerprint density at radius 1 is 1.28 bits per heavy atom. The summed E-state index contributed by atoms with van der Waals surface area (Å²) >= 11 is 5.80. The highest BCUT2D eigenvalue weighted by Crippen LogP contribution is 2.40. The first-order valence-electron chi connectivity index (χ1n) is 8.97. The second kappa shape index (κ2) is 6.53. The first kappa shape index (κ1) is 19.8. The van der Waals surface area contributed by atoms with Gasteiger partial charge in [0.1, 0.15) is 16.8 Å². The van der Waals surface area contributed by atoms with Crippen LogP contribution in [0.15, 0.2) is 23.4 Å². The predicted octanol–water partition coefficient (Wildman–Crippen LogP) is 3.18. The van der Waals surface area contributed by atoms with Crippen LogP contribution in [-0.4, -0.2) is 29.4 Å². The molecule has 1 aliphatic rings. The van der Waals surface area contributed by atoms with Gasteiger partial charge in [0.05, 0.1) is 11.3 Å². The zero-order valence-corrected chi connectivity index (χ0v) is 16.3. The summed E-state index contributed by atoms with van der Waals surface area (Å²) in [5, 5.41) is 15.0. The fourth-order valence-corrected chi connectivity index (χ4v) is 3.80. The second-order valence-corrected chi connectivity index (χ2v) is 7.53. The van der Waals surface area contributed by atoms with Gasteiger partial charge in [0.2, 0.25) is 0 Å². The van der Waals surface area contributed by atoms with Gasteiger partial charge in [0.25, 0.3) is 5.56 Å². The zero-order valence-electron chi connectivity index (χ0n) is 15.5. The number of fused-ring (bicyclic) bond motifs is 1. The van der Waals surface area contributed by atoms with Gasteiger partial charge in [-0.3, -0.25) is 14.0 Å². The highest BCUT2D eigenvalue weighted by molar-refractivity contribution is 6.31.